The number of fused-ring (bicyclic) bond motifs is 1. The summed E-state index contributed by atoms with van der Waals surface area (Å²) in [6.45, 7) is 3.77. The fourth-order valence-electron chi connectivity index (χ4n) is 2.42. The molecule has 0 bridgehead atoms. The Morgan fingerprint density at radius 3 is 3.00 bits per heavy atom. The van der Waals surface area contributed by atoms with E-state index in [1.54, 1.807) is 23.1 Å². The number of nitrogens with zero attached hydrogens (tertiary/aromatic N) is 3. The van der Waals surface area contributed by atoms with Crippen molar-refractivity contribution in [3.8, 4) is 0 Å². The van der Waals surface area contributed by atoms with Crippen LogP contribution in [0.15, 0.2) is 28.6 Å². The molecule has 6 heteroatoms. The first-order valence-electron chi connectivity index (χ1n) is 7.17. The van der Waals surface area contributed by atoms with Crippen LogP contribution in [0.5, 0.6) is 0 Å². The van der Waals surface area contributed by atoms with E-state index in [9.17, 15) is 4.79 Å². The molecular weight excluding hydrogens is 302 g/mol. The fourth-order valence-corrected chi connectivity index (χ4v) is 4.39. The van der Waals surface area contributed by atoms with Crippen LogP contribution >= 0.6 is 23.1 Å². The van der Waals surface area contributed by atoms with Crippen LogP contribution in [0.3, 0.4) is 0 Å². The van der Waals surface area contributed by atoms with E-state index >= 15 is 0 Å². The van der Waals surface area contributed by atoms with Gasteiger partial charge in [-0.2, -0.15) is 0 Å². The number of hydrogen-bond donors (Lipinski definition) is 0. The zero-order valence-corrected chi connectivity index (χ0v) is 13.8. The third-order valence-corrected chi connectivity index (χ3v) is 5.83. The van der Waals surface area contributed by atoms with E-state index in [-0.39, 0.29) is 5.91 Å². The lowest BCUT2D eigenvalue weighted by atomic mass is 10.3. The summed E-state index contributed by atoms with van der Waals surface area (Å²) in [6.07, 6.45) is 1.06. The van der Waals surface area contributed by atoms with Gasteiger partial charge >= 0.3 is 0 Å². The Morgan fingerprint density at radius 2 is 2.14 bits per heavy atom. The van der Waals surface area contributed by atoms with Gasteiger partial charge < -0.3 is 9.80 Å². The molecule has 1 aliphatic rings. The van der Waals surface area contributed by atoms with Crippen molar-refractivity contribution in [2.45, 2.75) is 10.8 Å². The van der Waals surface area contributed by atoms with Crippen LogP contribution < -0.4 is 0 Å². The maximum absolute atomic E-state index is 12.3. The number of thiazole rings is 1. The van der Waals surface area contributed by atoms with E-state index in [1.807, 2.05) is 23.1 Å². The summed E-state index contributed by atoms with van der Waals surface area (Å²) < 4.78 is 2.17. The lowest BCUT2D eigenvalue weighted by molar-refractivity contribution is -0.128. The van der Waals surface area contributed by atoms with E-state index in [1.165, 1.54) is 4.70 Å². The number of benzene rings is 1. The molecule has 1 aromatic carbocycles. The van der Waals surface area contributed by atoms with Crippen molar-refractivity contribution in [1.29, 1.82) is 0 Å². The van der Waals surface area contributed by atoms with Crippen LogP contribution in [0, 0.1) is 0 Å². The Balaban J connectivity index is 1.57. The van der Waals surface area contributed by atoms with Crippen LogP contribution in [0.2, 0.25) is 0 Å². The number of thioether (sulfide) groups is 1. The van der Waals surface area contributed by atoms with Crippen molar-refractivity contribution in [2.24, 2.45) is 0 Å². The molecule has 0 unspecified atom stereocenters. The van der Waals surface area contributed by atoms with Gasteiger partial charge in [-0.25, -0.2) is 4.98 Å². The SMILES string of the molecule is CN1CCCN(C(=O)CSc2nc3ccccc3s2)CC1. The van der Waals surface area contributed by atoms with E-state index in [0.29, 0.717) is 5.75 Å². The number of carbonyl (C=O) groups excluding carboxylic acids is 1. The number of rotatable bonds is 3. The minimum atomic E-state index is 0.231. The van der Waals surface area contributed by atoms with E-state index in [4.69, 9.17) is 0 Å². The van der Waals surface area contributed by atoms with Crippen LogP contribution in [-0.4, -0.2) is 59.7 Å². The predicted octanol–water partition coefficient (Wildman–Crippen LogP) is 2.55. The molecule has 0 radical (unpaired) electrons. The first-order valence-corrected chi connectivity index (χ1v) is 8.97. The zero-order valence-electron chi connectivity index (χ0n) is 12.1. The summed E-state index contributed by atoms with van der Waals surface area (Å²) in [7, 11) is 2.11. The maximum atomic E-state index is 12.3. The Bertz CT molecular complexity index is 595. The number of aromatic nitrogens is 1. The van der Waals surface area contributed by atoms with Crippen molar-refractivity contribution < 1.29 is 4.79 Å². The van der Waals surface area contributed by atoms with Gasteiger partial charge in [-0.05, 0) is 32.1 Å². The highest BCUT2D eigenvalue weighted by molar-refractivity contribution is 8.01. The van der Waals surface area contributed by atoms with E-state index in [0.717, 1.165) is 42.5 Å². The molecule has 1 amide bonds. The number of amides is 1. The highest BCUT2D eigenvalue weighted by atomic mass is 32.2. The monoisotopic (exact) mass is 321 g/mol. The average molecular weight is 321 g/mol. The average Bonchev–Trinajstić information content (AvgIpc) is 2.78. The molecule has 1 fully saturated rings. The lowest BCUT2D eigenvalue weighted by Gasteiger charge is -2.20. The molecule has 1 aromatic heterocycles. The summed E-state index contributed by atoms with van der Waals surface area (Å²) in [4.78, 5) is 21.1. The van der Waals surface area contributed by atoms with Gasteiger partial charge in [0.2, 0.25) is 5.91 Å². The molecule has 2 heterocycles. The third kappa shape index (κ3) is 3.75. The van der Waals surface area contributed by atoms with Crippen LogP contribution in [-0.2, 0) is 4.79 Å². The standard InChI is InChI=1S/C15H19N3OS2/c1-17-7-4-8-18(10-9-17)14(19)11-20-15-16-12-5-2-3-6-13(12)21-15/h2-3,5-6H,4,7-11H2,1H3. The highest BCUT2D eigenvalue weighted by Crippen LogP contribution is 2.29. The van der Waals surface area contributed by atoms with Gasteiger partial charge in [0.1, 0.15) is 0 Å². The maximum Gasteiger partial charge on any atom is 0.233 e. The molecule has 21 heavy (non-hydrogen) atoms. The smallest absolute Gasteiger partial charge is 0.233 e. The summed E-state index contributed by atoms with van der Waals surface area (Å²) in [5, 5.41) is 0. The van der Waals surface area contributed by atoms with Crippen molar-refractivity contribution in [2.75, 3.05) is 39.0 Å². The minimum absolute atomic E-state index is 0.231. The number of likely N-dealkylation sites (N-methyl/N-ethyl adjacent to an activating group) is 1. The topological polar surface area (TPSA) is 36.4 Å². The van der Waals surface area contributed by atoms with Gasteiger partial charge in [-0.3, -0.25) is 4.79 Å². The van der Waals surface area contributed by atoms with Gasteiger partial charge in [0.25, 0.3) is 0 Å². The normalized spacial score (nSPS) is 17.1. The molecule has 0 aliphatic carbocycles. The fraction of sp³-hybridized carbons (Fsp3) is 0.467. The molecule has 0 saturated carbocycles. The molecule has 1 aliphatic heterocycles. The number of para-hydroxylation sites is 1. The van der Waals surface area contributed by atoms with Crippen molar-refractivity contribution in [3.05, 3.63) is 24.3 Å². The summed E-state index contributed by atoms with van der Waals surface area (Å²) in [6, 6.07) is 8.11. The van der Waals surface area contributed by atoms with Gasteiger partial charge in [0.05, 0.1) is 16.0 Å². The molecule has 112 valence electrons. The summed E-state index contributed by atoms with van der Waals surface area (Å²) in [5.74, 6) is 0.721. The second-order valence-corrected chi connectivity index (χ2v) is 7.53. The van der Waals surface area contributed by atoms with Crippen LogP contribution in [0.1, 0.15) is 6.42 Å². The third-order valence-electron chi connectivity index (χ3n) is 3.67. The van der Waals surface area contributed by atoms with Crippen molar-refractivity contribution >= 4 is 39.2 Å². The molecule has 0 N–H and O–H groups in total. The first kappa shape index (κ1) is 14.8. The Hall–Kier alpha value is -1.11. The molecule has 2 aromatic rings. The second-order valence-electron chi connectivity index (χ2n) is 5.27. The quantitative estimate of drug-likeness (QED) is 0.814. The lowest BCUT2D eigenvalue weighted by Crippen LogP contribution is -2.35. The summed E-state index contributed by atoms with van der Waals surface area (Å²) in [5.41, 5.74) is 1.02. The van der Waals surface area contributed by atoms with Crippen LogP contribution in [0.4, 0.5) is 0 Å². The highest BCUT2D eigenvalue weighted by Gasteiger charge is 2.18. The Morgan fingerprint density at radius 1 is 1.29 bits per heavy atom. The zero-order chi connectivity index (χ0) is 14.7. The van der Waals surface area contributed by atoms with Gasteiger partial charge in [-0.15, -0.1) is 11.3 Å². The number of hydrogen-bond acceptors (Lipinski definition) is 5. The van der Waals surface area contributed by atoms with Crippen LogP contribution in [0.25, 0.3) is 10.2 Å². The Labute approximate surface area is 133 Å². The van der Waals surface area contributed by atoms with Gasteiger partial charge in [0, 0.05) is 19.6 Å². The van der Waals surface area contributed by atoms with Crippen molar-refractivity contribution in [1.82, 2.24) is 14.8 Å². The van der Waals surface area contributed by atoms with E-state index < -0.39 is 0 Å². The van der Waals surface area contributed by atoms with E-state index in [2.05, 4.69) is 23.0 Å². The summed E-state index contributed by atoms with van der Waals surface area (Å²) >= 11 is 3.22. The molecule has 1 saturated heterocycles. The van der Waals surface area contributed by atoms with Crippen molar-refractivity contribution in [3.63, 3.8) is 0 Å². The molecule has 3 rings (SSSR count). The largest absolute Gasteiger partial charge is 0.341 e. The molecule has 0 spiro atoms. The first-order chi connectivity index (χ1) is 10.2. The number of carbonyl (C=O) groups is 1. The predicted molar refractivity (Wildman–Crippen MR) is 89.0 cm³/mol. The van der Waals surface area contributed by atoms with Gasteiger partial charge in [0.15, 0.2) is 4.34 Å². The molecule has 4 nitrogen and oxygen atoms in total. The minimum Gasteiger partial charge on any atom is -0.341 e. The van der Waals surface area contributed by atoms with Gasteiger partial charge in [-0.1, -0.05) is 23.9 Å². The Kier molecular flexibility index (Phi) is 4.77. The second kappa shape index (κ2) is 6.77. The molecular formula is C15H19N3OS2. The molecule has 0 atom stereocenters.